The van der Waals surface area contributed by atoms with Crippen molar-refractivity contribution < 1.29 is 29.0 Å². The van der Waals surface area contributed by atoms with Crippen LogP contribution in [0.2, 0.25) is 0 Å². The van der Waals surface area contributed by atoms with Gasteiger partial charge in [0, 0.05) is 11.3 Å². The van der Waals surface area contributed by atoms with E-state index in [1.165, 1.54) is 0 Å². The van der Waals surface area contributed by atoms with Crippen molar-refractivity contribution in [2.24, 2.45) is 0 Å². The third-order valence-corrected chi connectivity index (χ3v) is 4.46. The van der Waals surface area contributed by atoms with Gasteiger partial charge in [0.15, 0.2) is 0 Å². The van der Waals surface area contributed by atoms with Gasteiger partial charge in [0.1, 0.15) is 17.2 Å². The molecular formula is C18H22NO6P. The van der Waals surface area contributed by atoms with Gasteiger partial charge in [-0.15, -0.1) is 0 Å². The van der Waals surface area contributed by atoms with E-state index in [-0.39, 0.29) is 17.4 Å². The molecule has 7 nitrogen and oxygen atoms in total. The van der Waals surface area contributed by atoms with Gasteiger partial charge in [-0.25, -0.2) is 4.57 Å². The molecule has 2 rings (SSSR count). The summed E-state index contributed by atoms with van der Waals surface area (Å²) >= 11 is 0. The summed E-state index contributed by atoms with van der Waals surface area (Å²) in [7, 11) is -4.84. The zero-order valence-corrected chi connectivity index (χ0v) is 15.9. The predicted molar refractivity (Wildman–Crippen MR) is 99.2 cm³/mol. The molecule has 0 spiro atoms. The molecule has 2 aromatic rings. The fourth-order valence-corrected chi connectivity index (χ4v) is 2.83. The third-order valence-electron chi connectivity index (χ3n) is 3.82. The standard InChI is InChI=1S/C18H22NO6P/c1-10(2)15-9-14(5-6-16(15)20)25-17-11(3)7-13(8-12(17)4)19-18(21)26(22,23)24/h5-10,20H,1-4H3,(H,19,21)(H2,22,23,24). The van der Waals surface area contributed by atoms with E-state index in [9.17, 15) is 14.5 Å². The van der Waals surface area contributed by atoms with E-state index < -0.39 is 13.2 Å². The van der Waals surface area contributed by atoms with Gasteiger partial charge < -0.3 is 24.9 Å². The first-order chi connectivity index (χ1) is 12.0. The second-order valence-electron chi connectivity index (χ2n) is 6.39. The van der Waals surface area contributed by atoms with Crippen LogP contribution in [0, 0.1) is 13.8 Å². The number of carbonyl (C=O) groups is 1. The van der Waals surface area contributed by atoms with Crippen LogP contribution in [0.3, 0.4) is 0 Å². The highest BCUT2D eigenvalue weighted by molar-refractivity contribution is 7.70. The van der Waals surface area contributed by atoms with E-state index in [4.69, 9.17) is 14.5 Å². The minimum absolute atomic E-state index is 0.131. The maximum Gasteiger partial charge on any atom is 0.413 e. The van der Waals surface area contributed by atoms with E-state index in [0.717, 1.165) is 5.56 Å². The average Bonchev–Trinajstić information content (AvgIpc) is 2.51. The van der Waals surface area contributed by atoms with Crippen LogP contribution >= 0.6 is 7.60 Å². The Morgan fingerprint density at radius 3 is 2.19 bits per heavy atom. The maximum atomic E-state index is 11.4. The lowest BCUT2D eigenvalue weighted by atomic mass is 10.0. The van der Waals surface area contributed by atoms with Crippen molar-refractivity contribution in [1.29, 1.82) is 0 Å². The number of rotatable bonds is 5. The number of carbonyl (C=O) groups excluding carboxylic acids is 1. The molecule has 0 radical (unpaired) electrons. The fraction of sp³-hybridized carbons (Fsp3) is 0.278. The molecule has 0 atom stereocenters. The number of ether oxygens (including phenoxy) is 1. The van der Waals surface area contributed by atoms with Crippen LogP contribution < -0.4 is 10.1 Å². The number of benzene rings is 2. The number of phenolic OH excluding ortho intramolecular Hbond substituents is 1. The minimum atomic E-state index is -4.84. The van der Waals surface area contributed by atoms with Crippen LogP contribution in [0.4, 0.5) is 10.5 Å². The molecule has 0 aliphatic rings. The molecule has 0 unspecified atom stereocenters. The lowest BCUT2D eigenvalue weighted by molar-refractivity contribution is 0.258. The minimum Gasteiger partial charge on any atom is -0.508 e. The molecule has 0 saturated heterocycles. The Bertz CT molecular complexity index is 864. The van der Waals surface area contributed by atoms with Crippen molar-refractivity contribution >= 4 is 18.9 Å². The normalized spacial score (nSPS) is 11.5. The molecule has 8 heteroatoms. The smallest absolute Gasteiger partial charge is 0.413 e. The van der Waals surface area contributed by atoms with Crippen LogP contribution in [0.15, 0.2) is 30.3 Å². The van der Waals surface area contributed by atoms with Crippen molar-refractivity contribution in [3.05, 3.63) is 47.0 Å². The third kappa shape index (κ3) is 4.64. The molecule has 0 aromatic heterocycles. The van der Waals surface area contributed by atoms with Gasteiger partial charge in [-0.1, -0.05) is 13.8 Å². The van der Waals surface area contributed by atoms with E-state index >= 15 is 0 Å². The highest BCUT2D eigenvalue weighted by Gasteiger charge is 2.26. The summed E-state index contributed by atoms with van der Waals surface area (Å²) in [6.07, 6.45) is 0. The molecule has 1 amide bonds. The van der Waals surface area contributed by atoms with Gasteiger partial charge in [0.05, 0.1) is 0 Å². The number of hydrogen-bond donors (Lipinski definition) is 4. The summed E-state index contributed by atoms with van der Waals surface area (Å²) in [4.78, 5) is 29.2. The van der Waals surface area contributed by atoms with Crippen LogP contribution in [0.5, 0.6) is 17.2 Å². The first-order valence-corrected chi connectivity index (χ1v) is 9.59. The number of nitrogens with one attached hydrogen (secondary N) is 1. The Hall–Kier alpha value is -2.34. The van der Waals surface area contributed by atoms with Gasteiger partial charge in [-0.05, 0) is 61.2 Å². The monoisotopic (exact) mass is 379 g/mol. The van der Waals surface area contributed by atoms with Gasteiger partial charge in [0.25, 0.3) is 0 Å². The molecule has 0 fully saturated rings. The van der Waals surface area contributed by atoms with E-state index in [1.54, 1.807) is 44.2 Å². The van der Waals surface area contributed by atoms with Crippen LogP contribution in [-0.2, 0) is 4.57 Å². The first-order valence-electron chi connectivity index (χ1n) is 7.98. The Kier molecular flexibility index (Phi) is 5.76. The molecule has 0 heterocycles. The van der Waals surface area contributed by atoms with Crippen molar-refractivity contribution in [3.8, 4) is 17.2 Å². The fourth-order valence-electron chi connectivity index (χ4n) is 2.56. The number of amides is 1. The second-order valence-corrected chi connectivity index (χ2v) is 7.88. The van der Waals surface area contributed by atoms with Crippen LogP contribution in [-0.4, -0.2) is 20.5 Å². The van der Waals surface area contributed by atoms with Crippen molar-refractivity contribution in [2.75, 3.05) is 5.32 Å². The molecule has 0 bridgehead atoms. The van der Waals surface area contributed by atoms with E-state index in [0.29, 0.717) is 22.6 Å². The second kappa shape index (κ2) is 7.50. The zero-order chi connectivity index (χ0) is 19.6. The Balaban J connectivity index is 2.30. The predicted octanol–water partition coefficient (Wildman–Crippen LogP) is 4.63. The number of phenols is 1. The summed E-state index contributed by atoms with van der Waals surface area (Å²) < 4.78 is 16.9. The van der Waals surface area contributed by atoms with Crippen molar-refractivity contribution in [3.63, 3.8) is 0 Å². The van der Waals surface area contributed by atoms with Gasteiger partial charge in [0.2, 0.25) is 0 Å². The van der Waals surface area contributed by atoms with Crippen molar-refractivity contribution in [2.45, 2.75) is 33.6 Å². The number of hydrogen-bond acceptors (Lipinski definition) is 4. The Morgan fingerprint density at radius 1 is 1.12 bits per heavy atom. The SMILES string of the molecule is Cc1cc(NC(=O)P(=O)(O)O)cc(C)c1Oc1ccc(O)c(C(C)C)c1. The molecule has 0 aliphatic heterocycles. The Labute approximate surface area is 151 Å². The zero-order valence-electron chi connectivity index (χ0n) is 15.0. The lowest BCUT2D eigenvalue weighted by Gasteiger charge is -2.16. The average molecular weight is 379 g/mol. The summed E-state index contributed by atoms with van der Waals surface area (Å²) in [5.41, 5.74) is 1.05. The van der Waals surface area contributed by atoms with Gasteiger partial charge >= 0.3 is 13.2 Å². The summed E-state index contributed by atoms with van der Waals surface area (Å²) in [5, 5.41) is 12.1. The molecule has 140 valence electrons. The van der Waals surface area contributed by atoms with Crippen LogP contribution in [0.1, 0.15) is 36.5 Å². The molecule has 0 aliphatic carbocycles. The summed E-state index contributed by atoms with van der Waals surface area (Å²) in [6.45, 7) is 7.46. The molecular weight excluding hydrogens is 357 g/mol. The Morgan fingerprint density at radius 2 is 1.69 bits per heavy atom. The molecule has 4 N–H and O–H groups in total. The van der Waals surface area contributed by atoms with E-state index in [2.05, 4.69) is 5.32 Å². The molecule has 2 aromatic carbocycles. The largest absolute Gasteiger partial charge is 0.508 e. The summed E-state index contributed by atoms with van der Waals surface area (Å²) in [5.74, 6) is 1.46. The quantitative estimate of drug-likeness (QED) is 0.563. The molecule has 26 heavy (non-hydrogen) atoms. The summed E-state index contributed by atoms with van der Waals surface area (Å²) in [6, 6.07) is 8.13. The van der Waals surface area contributed by atoms with Crippen LogP contribution in [0.25, 0.3) is 0 Å². The maximum absolute atomic E-state index is 11.4. The van der Waals surface area contributed by atoms with Gasteiger partial charge in [-0.2, -0.15) is 0 Å². The number of aromatic hydroxyl groups is 1. The van der Waals surface area contributed by atoms with E-state index in [1.807, 2.05) is 13.8 Å². The number of anilines is 1. The van der Waals surface area contributed by atoms with Crippen molar-refractivity contribution in [1.82, 2.24) is 0 Å². The first kappa shape index (κ1) is 20.0. The lowest BCUT2D eigenvalue weighted by Crippen LogP contribution is -2.10. The highest BCUT2D eigenvalue weighted by atomic mass is 31.2. The number of aryl methyl sites for hydroxylation is 2. The topological polar surface area (TPSA) is 116 Å². The van der Waals surface area contributed by atoms with Gasteiger partial charge in [-0.3, -0.25) is 4.79 Å². The highest BCUT2D eigenvalue weighted by Crippen LogP contribution is 2.38. The molecule has 0 saturated carbocycles.